The van der Waals surface area contributed by atoms with Crippen LogP contribution in [-0.2, 0) is 5.41 Å². The van der Waals surface area contributed by atoms with Gasteiger partial charge in [0.15, 0.2) is 0 Å². The molecule has 0 fully saturated rings. The Bertz CT molecular complexity index is 3810. The summed E-state index contributed by atoms with van der Waals surface area (Å²) in [6.07, 6.45) is 0. The summed E-state index contributed by atoms with van der Waals surface area (Å²) in [5.41, 5.74) is 16.3. The van der Waals surface area contributed by atoms with Crippen LogP contribution in [-0.4, -0.2) is 0 Å². The summed E-state index contributed by atoms with van der Waals surface area (Å²) in [4.78, 5) is 2.45. The molecule has 292 valence electrons. The zero-order chi connectivity index (χ0) is 41.1. The quantitative estimate of drug-likeness (QED) is 0.163. The third-order valence-electron chi connectivity index (χ3n) is 13.5. The molecule has 0 spiro atoms. The molecular formula is C59H39NO2. The predicted octanol–water partition coefficient (Wildman–Crippen LogP) is 16.9. The first-order chi connectivity index (χ1) is 30.5. The van der Waals surface area contributed by atoms with E-state index in [0.717, 1.165) is 77.6 Å². The summed E-state index contributed by atoms with van der Waals surface area (Å²) < 4.78 is 13.0. The molecule has 0 bridgehead atoms. The van der Waals surface area contributed by atoms with E-state index in [1.54, 1.807) is 0 Å². The minimum atomic E-state index is -0.182. The van der Waals surface area contributed by atoms with E-state index >= 15 is 0 Å². The summed E-state index contributed by atoms with van der Waals surface area (Å²) in [5.74, 6) is 0. The number of nitrogens with zero attached hydrogens (tertiary/aromatic N) is 1. The predicted molar refractivity (Wildman–Crippen MR) is 259 cm³/mol. The Balaban J connectivity index is 1.14. The van der Waals surface area contributed by atoms with Crippen LogP contribution in [0, 0.1) is 0 Å². The van der Waals surface area contributed by atoms with Gasteiger partial charge in [-0.3, -0.25) is 0 Å². The number of furan rings is 2. The van der Waals surface area contributed by atoms with E-state index in [9.17, 15) is 0 Å². The molecule has 3 heteroatoms. The van der Waals surface area contributed by atoms with Gasteiger partial charge >= 0.3 is 0 Å². The number of fused-ring (bicyclic) bond motifs is 12. The lowest BCUT2D eigenvalue weighted by molar-refractivity contribution is 0.660. The van der Waals surface area contributed by atoms with Crippen LogP contribution in [0.15, 0.2) is 209 Å². The minimum absolute atomic E-state index is 0.182. The fraction of sp³-hybridized carbons (Fsp3) is 0.0508. The number of anilines is 3. The molecule has 0 N–H and O–H groups in total. The van der Waals surface area contributed by atoms with Crippen LogP contribution >= 0.6 is 0 Å². The molecule has 0 saturated carbocycles. The molecule has 2 heterocycles. The smallest absolute Gasteiger partial charge is 0.137 e. The molecule has 1 aliphatic rings. The molecule has 13 rings (SSSR count). The maximum absolute atomic E-state index is 6.60. The van der Waals surface area contributed by atoms with Gasteiger partial charge < -0.3 is 13.7 Å². The van der Waals surface area contributed by atoms with Crippen molar-refractivity contribution in [3.8, 4) is 33.4 Å². The fourth-order valence-corrected chi connectivity index (χ4v) is 10.5. The largest absolute Gasteiger partial charge is 0.456 e. The van der Waals surface area contributed by atoms with Crippen molar-refractivity contribution >= 4 is 82.5 Å². The number of benzene rings is 10. The standard InChI is InChI=1S/C59H39NO2/c1-59(2)51-22-10-7-18-43(51)44-29-27-38(34-52(44)59)60(39-28-30-47-45-19-8-11-24-54(45)62-57(47)35-39)53-23-13-21-48(49-32-36-14-3-4-15-40(36)41-16-5-6-17-42(41)49)58(53)37-26-31-56-50(33-37)46-20-9-12-25-55(46)61-56/h3-35H,1-2H3. The number of para-hydroxylation sites is 2. The lowest BCUT2D eigenvalue weighted by atomic mass is 9.82. The van der Waals surface area contributed by atoms with Gasteiger partial charge in [0.25, 0.3) is 0 Å². The topological polar surface area (TPSA) is 29.5 Å². The average Bonchev–Trinajstić information content (AvgIpc) is 3.95. The van der Waals surface area contributed by atoms with Gasteiger partial charge in [0.1, 0.15) is 22.3 Å². The van der Waals surface area contributed by atoms with E-state index in [-0.39, 0.29) is 5.41 Å². The molecule has 0 atom stereocenters. The van der Waals surface area contributed by atoms with E-state index in [4.69, 9.17) is 8.83 Å². The first kappa shape index (κ1) is 34.9. The van der Waals surface area contributed by atoms with Crippen molar-refractivity contribution in [1.82, 2.24) is 0 Å². The van der Waals surface area contributed by atoms with Crippen LogP contribution in [0.1, 0.15) is 25.0 Å². The number of hydrogen-bond acceptors (Lipinski definition) is 3. The molecule has 62 heavy (non-hydrogen) atoms. The summed E-state index contributed by atoms with van der Waals surface area (Å²) in [5, 5.41) is 9.32. The zero-order valence-corrected chi connectivity index (χ0v) is 34.3. The molecule has 3 nitrogen and oxygen atoms in total. The number of hydrogen-bond donors (Lipinski definition) is 0. The Morgan fingerprint density at radius 1 is 0.355 bits per heavy atom. The van der Waals surface area contributed by atoms with Crippen molar-refractivity contribution in [2.24, 2.45) is 0 Å². The molecular weight excluding hydrogens is 755 g/mol. The van der Waals surface area contributed by atoms with Crippen molar-refractivity contribution in [2.75, 3.05) is 4.90 Å². The van der Waals surface area contributed by atoms with Crippen molar-refractivity contribution in [3.05, 3.63) is 211 Å². The second-order valence-corrected chi connectivity index (χ2v) is 17.2. The molecule has 12 aromatic rings. The highest BCUT2D eigenvalue weighted by atomic mass is 16.3. The first-order valence-electron chi connectivity index (χ1n) is 21.4. The maximum Gasteiger partial charge on any atom is 0.137 e. The molecule has 0 saturated heterocycles. The Labute approximate surface area is 358 Å². The SMILES string of the molecule is CC1(C)c2ccccc2-c2ccc(N(c3ccc4c(c3)oc3ccccc34)c3cccc(-c4cc5ccccc5c5ccccc45)c3-c3ccc4oc5ccccc5c4c3)cc21. The zero-order valence-electron chi connectivity index (χ0n) is 34.3. The first-order valence-corrected chi connectivity index (χ1v) is 21.4. The van der Waals surface area contributed by atoms with Crippen molar-refractivity contribution in [3.63, 3.8) is 0 Å². The molecule has 2 aromatic heterocycles. The summed E-state index contributed by atoms with van der Waals surface area (Å²) in [6.45, 7) is 4.71. The normalized spacial score (nSPS) is 13.1. The number of rotatable bonds is 5. The van der Waals surface area contributed by atoms with Gasteiger partial charge in [0.2, 0.25) is 0 Å². The van der Waals surface area contributed by atoms with Gasteiger partial charge in [0.05, 0.1) is 5.69 Å². The molecule has 1 aliphatic carbocycles. The van der Waals surface area contributed by atoms with E-state index in [0.29, 0.717) is 0 Å². The monoisotopic (exact) mass is 793 g/mol. The van der Waals surface area contributed by atoms with Gasteiger partial charge in [-0.2, -0.15) is 0 Å². The van der Waals surface area contributed by atoms with Crippen molar-refractivity contribution < 1.29 is 8.83 Å². The highest BCUT2D eigenvalue weighted by Gasteiger charge is 2.36. The third-order valence-corrected chi connectivity index (χ3v) is 13.5. The molecule has 0 unspecified atom stereocenters. The second kappa shape index (κ2) is 13.1. The fourth-order valence-electron chi connectivity index (χ4n) is 10.5. The summed E-state index contributed by atoms with van der Waals surface area (Å²) in [6, 6.07) is 72.8. The van der Waals surface area contributed by atoms with Gasteiger partial charge in [-0.05, 0) is 121 Å². The maximum atomic E-state index is 6.60. The Morgan fingerprint density at radius 3 is 1.79 bits per heavy atom. The van der Waals surface area contributed by atoms with Crippen LogP contribution in [0.2, 0.25) is 0 Å². The van der Waals surface area contributed by atoms with E-state index in [1.165, 1.54) is 49.4 Å². The lowest BCUT2D eigenvalue weighted by Gasteiger charge is -2.31. The second-order valence-electron chi connectivity index (χ2n) is 17.2. The lowest BCUT2D eigenvalue weighted by Crippen LogP contribution is -2.17. The Hall–Kier alpha value is -7.88. The Kier molecular flexibility index (Phi) is 7.36. The van der Waals surface area contributed by atoms with Crippen LogP contribution < -0.4 is 4.90 Å². The van der Waals surface area contributed by atoms with Crippen LogP contribution in [0.3, 0.4) is 0 Å². The average molecular weight is 794 g/mol. The van der Waals surface area contributed by atoms with Gasteiger partial charge in [-0.1, -0.05) is 147 Å². The van der Waals surface area contributed by atoms with Crippen LogP contribution in [0.5, 0.6) is 0 Å². The van der Waals surface area contributed by atoms with Gasteiger partial charge in [-0.15, -0.1) is 0 Å². The third kappa shape index (κ3) is 5.06. The summed E-state index contributed by atoms with van der Waals surface area (Å²) >= 11 is 0. The Morgan fingerprint density at radius 2 is 0.952 bits per heavy atom. The molecule has 0 aliphatic heterocycles. The van der Waals surface area contributed by atoms with Crippen LogP contribution in [0.4, 0.5) is 17.1 Å². The minimum Gasteiger partial charge on any atom is -0.456 e. The van der Waals surface area contributed by atoms with Gasteiger partial charge in [-0.25, -0.2) is 0 Å². The van der Waals surface area contributed by atoms with E-state index < -0.39 is 0 Å². The van der Waals surface area contributed by atoms with Gasteiger partial charge in [0, 0.05) is 50.0 Å². The van der Waals surface area contributed by atoms with Crippen LogP contribution in [0.25, 0.3) is 98.8 Å². The van der Waals surface area contributed by atoms with Crippen molar-refractivity contribution in [2.45, 2.75) is 19.3 Å². The molecule has 0 radical (unpaired) electrons. The highest BCUT2D eigenvalue weighted by molar-refractivity contribution is 6.16. The highest BCUT2D eigenvalue weighted by Crippen LogP contribution is 2.53. The van der Waals surface area contributed by atoms with E-state index in [1.807, 2.05) is 12.1 Å². The van der Waals surface area contributed by atoms with Crippen molar-refractivity contribution in [1.29, 1.82) is 0 Å². The molecule has 10 aromatic carbocycles. The summed E-state index contributed by atoms with van der Waals surface area (Å²) in [7, 11) is 0. The van der Waals surface area contributed by atoms with E-state index in [2.05, 4.69) is 207 Å². The molecule has 0 amide bonds.